The van der Waals surface area contributed by atoms with Crippen LogP contribution in [0.2, 0.25) is 0 Å². The average molecular weight is 339 g/mol. The van der Waals surface area contributed by atoms with Crippen molar-refractivity contribution in [1.29, 1.82) is 0 Å². The van der Waals surface area contributed by atoms with E-state index in [1.54, 1.807) is 33.8 Å². The number of likely N-dealkylation sites (tertiary alicyclic amines) is 1. The molecule has 1 aromatic heterocycles. The normalized spacial score (nSPS) is 17.8. The average Bonchev–Trinajstić information content (AvgIpc) is 3.10. The maximum Gasteiger partial charge on any atom is 0.228 e. The first-order valence-corrected chi connectivity index (χ1v) is 8.89. The highest BCUT2D eigenvalue weighted by Gasteiger charge is 2.36. The van der Waals surface area contributed by atoms with Crippen LogP contribution in [0.4, 0.5) is 0 Å². The van der Waals surface area contributed by atoms with Crippen molar-refractivity contribution in [3.63, 3.8) is 0 Å². The molecule has 0 spiro atoms. The van der Waals surface area contributed by atoms with Crippen molar-refractivity contribution < 1.29 is 14.3 Å². The van der Waals surface area contributed by atoms with Crippen LogP contribution in [0.25, 0.3) is 0 Å². The zero-order chi connectivity index (χ0) is 16.8. The molecule has 6 nitrogen and oxygen atoms in total. The monoisotopic (exact) mass is 339 g/mol. The van der Waals surface area contributed by atoms with Crippen molar-refractivity contribution in [2.75, 3.05) is 33.4 Å². The third kappa shape index (κ3) is 4.51. The van der Waals surface area contributed by atoms with Gasteiger partial charge >= 0.3 is 0 Å². The molecule has 23 heavy (non-hydrogen) atoms. The second kappa shape index (κ2) is 8.40. The van der Waals surface area contributed by atoms with Crippen LogP contribution in [0.15, 0.2) is 5.51 Å². The second-order valence-electron chi connectivity index (χ2n) is 5.85. The molecule has 1 aliphatic heterocycles. The van der Waals surface area contributed by atoms with Gasteiger partial charge in [0.15, 0.2) is 0 Å². The Morgan fingerprint density at radius 1 is 1.57 bits per heavy atom. The molecule has 1 fully saturated rings. The van der Waals surface area contributed by atoms with Crippen LogP contribution < -0.4 is 0 Å². The first-order valence-electron chi connectivity index (χ1n) is 8.01. The summed E-state index contributed by atoms with van der Waals surface area (Å²) in [6.07, 6.45) is 1.24. The quantitative estimate of drug-likeness (QED) is 0.723. The molecular formula is C16H25N3O3S. The van der Waals surface area contributed by atoms with Crippen LogP contribution in [-0.2, 0) is 20.9 Å². The summed E-state index contributed by atoms with van der Waals surface area (Å²) in [6, 6.07) is 0. The van der Waals surface area contributed by atoms with E-state index in [1.165, 1.54) is 0 Å². The number of carbonyl (C=O) groups is 2. The van der Waals surface area contributed by atoms with Crippen molar-refractivity contribution in [3.8, 4) is 0 Å². The lowest BCUT2D eigenvalue weighted by Crippen LogP contribution is -2.39. The smallest absolute Gasteiger partial charge is 0.228 e. The van der Waals surface area contributed by atoms with E-state index >= 15 is 0 Å². The molecule has 1 aromatic rings. The van der Waals surface area contributed by atoms with Crippen molar-refractivity contribution in [1.82, 2.24) is 14.8 Å². The zero-order valence-electron chi connectivity index (χ0n) is 14.1. The van der Waals surface area contributed by atoms with Crippen LogP contribution in [0.3, 0.4) is 0 Å². The minimum Gasteiger partial charge on any atom is -0.383 e. The fourth-order valence-corrected chi connectivity index (χ4v) is 3.59. The van der Waals surface area contributed by atoms with Gasteiger partial charge in [-0.1, -0.05) is 6.92 Å². The van der Waals surface area contributed by atoms with Gasteiger partial charge in [0, 0.05) is 38.0 Å². The van der Waals surface area contributed by atoms with Crippen molar-refractivity contribution in [2.24, 2.45) is 5.92 Å². The molecule has 0 aromatic carbocycles. The highest BCUT2D eigenvalue weighted by molar-refractivity contribution is 7.09. The summed E-state index contributed by atoms with van der Waals surface area (Å²) >= 11 is 1.56. The fourth-order valence-electron chi connectivity index (χ4n) is 2.80. The van der Waals surface area contributed by atoms with Crippen LogP contribution in [0.5, 0.6) is 0 Å². The number of thiazole rings is 1. The summed E-state index contributed by atoms with van der Waals surface area (Å²) in [4.78, 5) is 33.8. The number of nitrogens with zero attached hydrogens (tertiary/aromatic N) is 3. The van der Waals surface area contributed by atoms with Crippen LogP contribution in [0, 0.1) is 12.8 Å². The second-order valence-corrected chi connectivity index (χ2v) is 6.79. The third-order valence-corrected chi connectivity index (χ3v) is 5.03. The van der Waals surface area contributed by atoms with Crippen LogP contribution in [-0.4, -0.2) is 59.9 Å². The molecule has 2 amide bonds. The van der Waals surface area contributed by atoms with Gasteiger partial charge in [-0.3, -0.25) is 9.59 Å². The van der Waals surface area contributed by atoms with Gasteiger partial charge in [-0.15, -0.1) is 11.3 Å². The van der Waals surface area contributed by atoms with E-state index in [0.29, 0.717) is 32.7 Å². The van der Waals surface area contributed by atoms with E-state index in [-0.39, 0.29) is 17.7 Å². The molecule has 0 N–H and O–H groups in total. The van der Waals surface area contributed by atoms with Crippen molar-refractivity contribution >= 4 is 23.2 Å². The molecule has 0 saturated carbocycles. The Bertz CT molecular complexity index is 546. The van der Waals surface area contributed by atoms with Crippen LogP contribution >= 0.6 is 11.3 Å². The number of ether oxygens (including phenoxy) is 1. The third-order valence-electron chi connectivity index (χ3n) is 4.11. The molecule has 2 rings (SSSR count). The lowest BCUT2D eigenvalue weighted by Gasteiger charge is -2.25. The number of methoxy groups -OCH3 is 1. The first-order chi connectivity index (χ1) is 11.1. The van der Waals surface area contributed by atoms with E-state index in [1.807, 2.05) is 13.8 Å². The standard InChI is InChI=1S/C16H25N3O3S/c1-4-5-18-9-13(8-15(18)20)16(21)19(6-7-22-3)10-14-12(2)17-11-23-14/h11,13H,4-10H2,1-3H3. The molecule has 1 saturated heterocycles. The predicted molar refractivity (Wildman–Crippen MR) is 89.1 cm³/mol. The Morgan fingerprint density at radius 2 is 2.35 bits per heavy atom. The Labute approximate surface area is 141 Å². The van der Waals surface area contributed by atoms with E-state index in [9.17, 15) is 9.59 Å². The van der Waals surface area contributed by atoms with Gasteiger partial charge in [-0.25, -0.2) is 4.98 Å². The summed E-state index contributed by atoms with van der Waals surface area (Å²) in [7, 11) is 1.63. The first kappa shape index (κ1) is 17.9. The molecule has 0 radical (unpaired) electrons. The van der Waals surface area contributed by atoms with Crippen molar-refractivity contribution in [3.05, 3.63) is 16.1 Å². The van der Waals surface area contributed by atoms with Gasteiger partial charge in [0.2, 0.25) is 11.8 Å². The maximum absolute atomic E-state index is 12.9. The molecule has 2 heterocycles. The van der Waals surface area contributed by atoms with E-state index in [4.69, 9.17) is 4.74 Å². The van der Waals surface area contributed by atoms with Gasteiger partial charge in [0.05, 0.1) is 30.3 Å². The topological polar surface area (TPSA) is 62.7 Å². The maximum atomic E-state index is 12.9. The van der Waals surface area contributed by atoms with Gasteiger partial charge in [-0.2, -0.15) is 0 Å². The van der Waals surface area contributed by atoms with Crippen LogP contribution in [0.1, 0.15) is 30.3 Å². The number of amides is 2. The Kier molecular flexibility index (Phi) is 6.53. The summed E-state index contributed by atoms with van der Waals surface area (Å²) in [5.41, 5.74) is 2.76. The molecule has 1 aliphatic rings. The summed E-state index contributed by atoms with van der Waals surface area (Å²) in [5.74, 6) is -0.105. The van der Waals surface area contributed by atoms with Gasteiger partial charge < -0.3 is 14.5 Å². The number of hydrogen-bond donors (Lipinski definition) is 0. The minimum atomic E-state index is -0.237. The number of carbonyl (C=O) groups excluding carboxylic acids is 2. The Hall–Kier alpha value is -1.47. The molecule has 1 unspecified atom stereocenters. The highest BCUT2D eigenvalue weighted by atomic mass is 32.1. The van der Waals surface area contributed by atoms with Crippen molar-refractivity contribution in [2.45, 2.75) is 33.2 Å². The number of aromatic nitrogens is 1. The number of rotatable bonds is 8. The highest BCUT2D eigenvalue weighted by Crippen LogP contribution is 2.23. The number of hydrogen-bond acceptors (Lipinski definition) is 5. The minimum absolute atomic E-state index is 0.0433. The summed E-state index contributed by atoms with van der Waals surface area (Å²) in [5, 5.41) is 0. The van der Waals surface area contributed by atoms with Gasteiger partial charge in [0.1, 0.15) is 0 Å². The molecule has 1 atom stereocenters. The zero-order valence-corrected chi connectivity index (χ0v) is 14.9. The molecular weight excluding hydrogens is 314 g/mol. The molecule has 128 valence electrons. The molecule has 7 heteroatoms. The van der Waals surface area contributed by atoms with E-state index in [0.717, 1.165) is 23.5 Å². The Morgan fingerprint density at radius 3 is 2.96 bits per heavy atom. The number of aryl methyl sites for hydroxylation is 1. The van der Waals surface area contributed by atoms with E-state index < -0.39 is 0 Å². The fraction of sp³-hybridized carbons (Fsp3) is 0.688. The lowest BCUT2D eigenvalue weighted by atomic mass is 10.1. The summed E-state index contributed by atoms with van der Waals surface area (Å²) < 4.78 is 5.13. The lowest BCUT2D eigenvalue weighted by molar-refractivity contribution is -0.137. The Balaban J connectivity index is 2.04. The summed E-state index contributed by atoms with van der Waals surface area (Å²) in [6.45, 7) is 6.82. The van der Waals surface area contributed by atoms with E-state index in [2.05, 4.69) is 4.98 Å². The SMILES string of the molecule is CCCN1CC(C(=O)N(CCOC)Cc2scnc2C)CC1=O. The van der Waals surface area contributed by atoms with Gasteiger partial charge in [0.25, 0.3) is 0 Å². The molecule has 0 aliphatic carbocycles. The predicted octanol–water partition coefficient (Wildman–Crippen LogP) is 1.69. The molecule has 0 bridgehead atoms. The largest absolute Gasteiger partial charge is 0.383 e. The van der Waals surface area contributed by atoms with Gasteiger partial charge in [-0.05, 0) is 13.3 Å².